The first-order valence-electron chi connectivity index (χ1n) is 10.4. The summed E-state index contributed by atoms with van der Waals surface area (Å²) in [6, 6.07) is 18.0. The number of hydrogen-bond donors (Lipinski definition) is 0. The average Bonchev–Trinajstić information content (AvgIpc) is 2.78. The van der Waals surface area contributed by atoms with Crippen molar-refractivity contribution >= 4 is 66.2 Å². The minimum Gasteiger partial charge on any atom is -0.227 e. The molecule has 33 heavy (non-hydrogen) atoms. The molecule has 2 nitrogen and oxygen atoms in total. The molecule has 0 N–H and O–H groups in total. The standard InChI is InChI=1S/C26H22F2I2O2S/c1-17-23(19-9-5-3-6-10-19)21(13-15-25(17,27)29)33(31,32)22-14-16-26(28,30)18(2)24(22)20-11-7-4-8-12-20/h3-18H,1-2H3. The first-order chi connectivity index (χ1) is 15.5. The van der Waals surface area contributed by atoms with E-state index in [0.29, 0.717) is 22.3 Å². The molecule has 0 amide bonds. The van der Waals surface area contributed by atoms with E-state index in [2.05, 4.69) is 0 Å². The zero-order chi connectivity index (χ0) is 24.0. The summed E-state index contributed by atoms with van der Waals surface area (Å²) in [4.78, 5) is 0.0949. The lowest BCUT2D eigenvalue weighted by molar-refractivity contribution is 0.319. The third-order valence-corrected chi connectivity index (χ3v) is 10.7. The lowest BCUT2D eigenvalue weighted by Gasteiger charge is -2.33. The SMILES string of the molecule is CC1C(c2ccccc2)=C(S(=O)(=O)C2=C(c3ccccc3)C(C)C(F)(I)C=C2)C=CC1(F)I. The first-order valence-corrected chi connectivity index (χ1v) is 14.1. The summed E-state index contributed by atoms with van der Waals surface area (Å²) < 4.78 is 55.5. The predicted molar refractivity (Wildman–Crippen MR) is 148 cm³/mol. The lowest BCUT2D eigenvalue weighted by Crippen LogP contribution is -2.30. The maximum atomic E-state index is 15.3. The van der Waals surface area contributed by atoms with Gasteiger partial charge in [-0.15, -0.1) is 0 Å². The summed E-state index contributed by atoms with van der Waals surface area (Å²) in [6.45, 7) is 3.38. The molecule has 0 fully saturated rings. The Hall–Kier alpha value is -1.33. The van der Waals surface area contributed by atoms with Gasteiger partial charge in [-0.1, -0.05) is 74.5 Å². The van der Waals surface area contributed by atoms with E-state index in [-0.39, 0.29) is 9.81 Å². The van der Waals surface area contributed by atoms with Crippen LogP contribution in [0.3, 0.4) is 0 Å². The van der Waals surface area contributed by atoms with Crippen LogP contribution in [0, 0.1) is 11.8 Å². The Labute approximate surface area is 220 Å². The maximum absolute atomic E-state index is 15.3. The molecule has 0 aromatic heterocycles. The molecule has 0 saturated carbocycles. The first kappa shape index (κ1) is 24.8. The van der Waals surface area contributed by atoms with Gasteiger partial charge in [-0.25, -0.2) is 17.2 Å². The maximum Gasteiger partial charge on any atom is 0.207 e. The summed E-state index contributed by atoms with van der Waals surface area (Å²) >= 11 is 3.43. The molecule has 4 rings (SSSR count). The van der Waals surface area contributed by atoms with E-state index < -0.39 is 29.0 Å². The highest BCUT2D eigenvalue weighted by Gasteiger charge is 2.44. The van der Waals surface area contributed by atoms with Gasteiger partial charge in [0.2, 0.25) is 9.84 Å². The van der Waals surface area contributed by atoms with E-state index in [9.17, 15) is 8.42 Å². The number of sulfone groups is 1. The Morgan fingerprint density at radius 1 is 0.697 bits per heavy atom. The van der Waals surface area contributed by atoms with E-state index in [4.69, 9.17) is 0 Å². The van der Waals surface area contributed by atoms with Gasteiger partial charge in [-0.05, 0) is 91.8 Å². The van der Waals surface area contributed by atoms with Gasteiger partial charge in [0.05, 0.1) is 9.81 Å². The molecule has 172 valence electrons. The third kappa shape index (κ3) is 4.52. The van der Waals surface area contributed by atoms with Gasteiger partial charge in [-0.3, -0.25) is 0 Å². The Balaban J connectivity index is 2.02. The van der Waals surface area contributed by atoms with Crippen molar-refractivity contribution in [2.24, 2.45) is 11.8 Å². The second kappa shape index (κ2) is 9.03. The number of allylic oxidation sites excluding steroid dienone is 6. The highest BCUT2D eigenvalue weighted by Crippen LogP contribution is 2.51. The number of alkyl halides is 4. The van der Waals surface area contributed by atoms with Crippen molar-refractivity contribution in [3.8, 4) is 0 Å². The fraction of sp³-hybridized carbons (Fsp3) is 0.231. The summed E-state index contributed by atoms with van der Waals surface area (Å²) in [7, 11) is -4.10. The summed E-state index contributed by atoms with van der Waals surface area (Å²) in [6.07, 6.45) is 5.32. The minimum absolute atomic E-state index is 0.0474. The fourth-order valence-corrected chi connectivity index (χ4v) is 7.14. The van der Waals surface area contributed by atoms with Crippen LogP contribution < -0.4 is 0 Å². The largest absolute Gasteiger partial charge is 0.227 e. The predicted octanol–water partition coefficient (Wildman–Crippen LogP) is 7.84. The van der Waals surface area contributed by atoms with Gasteiger partial charge in [0, 0.05) is 11.8 Å². The van der Waals surface area contributed by atoms with Crippen LogP contribution in [0.1, 0.15) is 25.0 Å². The molecule has 0 bridgehead atoms. The third-order valence-electron chi connectivity index (χ3n) is 6.21. The molecule has 2 aromatic rings. The molecular formula is C26H22F2I2O2S. The number of hydrogen-bond acceptors (Lipinski definition) is 2. The van der Waals surface area contributed by atoms with Crippen molar-refractivity contribution in [3.05, 3.63) is 106 Å². The van der Waals surface area contributed by atoms with Gasteiger partial charge in [0.1, 0.15) is 0 Å². The fourth-order valence-electron chi connectivity index (χ4n) is 4.26. The zero-order valence-electron chi connectivity index (χ0n) is 18.0. The Morgan fingerprint density at radius 2 is 1.03 bits per heavy atom. The van der Waals surface area contributed by atoms with Gasteiger partial charge in [-0.2, -0.15) is 0 Å². The molecule has 0 heterocycles. The van der Waals surface area contributed by atoms with E-state index in [1.165, 1.54) is 24.3 Å². The van der Waals surface area contributed by atoms with Crippen molar-refractivity contribution < 1.29 is 17.2 Å². The van der Waals surface area contributed by atoms with Crippen LogP contribution in [0.2, 0.25) is 0 Å². The topological polar surface area (TPSA) is 34.1 Å². The van der Waals surface area contributed by atoms with Crippen LogP contribution in [-0.4, -0.2) is 15.8 Å². The Bertz CT molecular complexity index is 1200. The molecule has 2 aliphatic rings. The van der Waals surface area contributed by atoms with Crippen LogP contribution in [-0.2, 0) is 9.84 Å². The smallest absolute Gasteiger partial charge is 0.207 e. The van der Waals surface area contributed by atoms with E-state index in [1.807, 2.05) is 12.1 Å². The van der Waals surface area contributed by atoms with Crippen LogP contribution in [0.25, 0.3) is 11.1 Å². The molecule has 4 atom stereocenters. The Morgan fingerprint density at radius 3 is 1.36 bits per heavy atom. The van der Waals surface area contributed by atoms with Crippen molar-refractivity contribution in [1.82, 2.24) is 0 Å². The van der Waals surface area contributed by atoms with Crippen molar-refractivity contribution in [2.45, 2.75) is 21.2 Å². The average molecular weight is 690 g/mol. The van der Waals surface area contributed by atoms with E-state index >= 15 is 8.78 Å². The van der Waals surface area contributed by atoms with Gasteiger partial charge in [0.15, 0.2) is 7.35 Å². The van der Waals surface area contributed by atoms with Crippen LogP contribution in [0.15, 0.2) is 94.8 Å². The molecule has 0 radical (unpaired) electrons. The zero-order valence-corrected chi connectivity index (χ0v) is 23.1. The van der Waals surface area contributed by atoms with Gasteiger partial charge >= 0.3 is 0 Å². The summed E-state index contributed by atoms with van der Waals surface area (Å²) in [5.41, 5.74) is 2.13. The van der Waals surface area contributed by atoms with Crippen molar-refractivity contribution in [2.75, 3.05) is 0 Å². The lowest BCUT2D eigenvalue weighted by atomic mass is 9.86. The quantitative estimate of drug-likeness (QED) is 0.242. The molecule has 2 aliphatic carbocycles. The van der Waals surface area contributed by atoms with Crippen LogP contribution in [0.4, 0.5) is 8.78 Å². The highest BCUT2D eigenvalue weighted by molar-refractivity contribution is 14.1. The summed E-state index contributed by atoms with van der Waals surface area (Å²) in [5.74, 6) is -1.41. The monoisotopic (exact) mass is 690 g/mol. The molecule has 4 unspecified atom stereocenters. The highest BCUT2D eigenvalue weighted by atomic mass is 127. The van der Waals surface area contributed by atoms with E-state index in [0.717, 1.165) is 0 Å². The van der Waals surface area contributed by atoms with Crippen molar-refractivity contribution in [1.29, 1.82) is 0 Å². The molecule has 2 aromatic carbocycles. The molecule has 0 spiro atoms. The Kier molecular flexibility index (Phi) is 6.78. The number of rotatable bonds is 4. The number of halogens is 4. The minimum atomic E-state index is -4.10. The second-order valence-corrected chi connectivity index (χ2v) is 13.4. The summed E-state index contributed by atoms with van der Waals surface area (Å²) in [5, 5.41) is 0. The van der Waals surface area contributed by atoms with Gasteiger partial charge < -0.3 is 0 Å². The molecule has 7 heteroatoms. The number of benzene rings is 2. The molecular weight excluding hydrogens is 668 g/mol. The van der Waals surface area contributed by atoms with Crippen molar-refractivity contribution in [3.63, 3.8) is 0 Å². The van der Waals surface area contributed by atoms with Crippen LogP contribution in [0.5, 0.6) is 0 Å². The van der Waals surface area contributed by atoms with E-state index in [1.54, 1.807) is 108 Å². The van der Waals surface area contributed by atoms with Crippen LogP contribution >= 0.6 is 45.2 Å². The molecule has 0 saturated heterocycles. The second-order valence-electron chi connectivity index (χ2n) is 8.25. The van der Waals surface area contributed by atoms with Gasteiger partial charge in [0.25, 0.3) is 0 Å². The normalized spacial score (nSPS) is 30.1. The molecule has 0 aliphatic heterocycles.